The Hall–Kier alpha value is -2.81. The van der Waals surface area contributed by atoms with Crippen LogP contribution in [0.5, 0.6) is 0 Å². The van der Waals surface area contributed by atoms with E-state index >= 15 is 0 Å². The molecule has 0 N–H and O–H groups in total. The highest BCUT2D eigenvalue weighted by Crippen LogP contribution is 2.35. The number of hydrogen-bond donors (Lipinski definition) is 0. The van der Waals surface area contributed by atoms with Crippen molar-refractivity contribution in [2.45, 2.75) is 32.7 Å². The summed E-state index contributed by atoms with van der Waals surface area (Å²) < 4.78 is 5.27. The zero-order valence-electron chi connectivity index (χ0n) is 16.1. The summed E-state index contributed by atoms with van der Waals surface area (Å²) in [5.41, 5.74) is 0. The minimum atomic E-state index is -0.265. The Bertz CT molecular complexity index is 910. The largest absolute Gasteiger partial charge is 0.337 e. The number of thiophene rings is 1. The molecule has 1 saturated heterocycles. The number of carbonyl (C=O) groups excluding carboxylic acids is 3. The van der Waals surface area contributed by atoms with Crippen LogP contribution in [0.3, 0.4) is 0 Å². The second-order valence-electron chi connectivity index (χ2n) is 7.13. The van der Waals surface area contributed by atoms with Crippen molar-refractivity contribution < 1.29 is 18.9 Å². The lowest BCUT2D eigenvalue weighted by Gasteiger charge is -2.21. The molecule has 0 unspecified atom stereocenters. The van der Waals surface area contributed by atoms with Crippen LogP contribution in [0.25, 0.3) is 10.7 Å². The van der Waals surface area contributed by atoms with Gasteiger partial charge in [-0.05, 0) is 31.2 Å². The number of carbonyl (C=O) groups is 3. The zero-order chi connectivity index (χ0) is 20.4. The number of likely N-dealkylation sites (tertiary alicyclic amines) is 1. The predicted molar refractivity (Wildman–Crippen MR) is 105 cm³/mol. The maximum atomic E-state index is 12.7. The summed E-state index contributed by atoms with van der Waals surface area (Å²) in [4.78, 5) is 45.8. The first kappa shape index (κ1) is 19.5. The van der Waals surface area contributed by atoms with Crippen molar-refractivity contribution in [3.05, 3.63) is 35.6 Å². The molecule has 2 aromatic rings. The van der Waals surface area contributed by atoms with Gasteiger partial charge < -0.3 is 9.42 Å². The van der Waals surface area contributed by atoms with Gasteiger partial charge in [-0.25, -0.2) is 0 Å². The Kier molecular flexibility index (Phi) is 5.57. The smallest absolute Gasteiger partial charge is 0.246 e. The van der Waals surface area contributed by atoms with Crippen molar-refractivity contribution in [1.82, 2.24) is 19.9 Å². The van der Waals surface area contributed by atoms with Gasteiger partial charge in [0.25, 0.3) is 0 Å². The Morgan fingerprint density at radius 3 is 2.62 bits per heavy atom. The molecule has 0 bridgehead atoms. The minimum Gasteiger partial charge on any atom is -0.337 e. The normalized spacial score (nSPS) is 20.9. The maximum Gasteiger partial charge on any atom is 0.246 e. The first-order chi connectivity index (χ1) is 14.1. The van der Waals surface area contributed by atoms with E-state index in [9.17, 15) is 14.4 Å². The molecule has 9 heteroatoms. The van der Waals surface area contributed by atoms with E-state index in [1.807, 2.05) is 36.6 Å². The molecule has 4 rings (SSSR count). The molecule has 8 nitrogen and oxygen atoms in total. The van der Waals surface area contributed by atoms with Crippen LogP contribution < -0.4 is 0 Å². The fraction of sp³-hybridized carbons (Fsp3) is 0.450. The molecule has 29 heavy (non-hydrogen) atoms. The van der Waals surface area contributed by atoms with E-state index in [0.29, 0.717) is 31.1 Å². The van der Waals surface area contributed by atoms with Crippen molar-refractivity contribution in [2.24, 2.45) is 11.8 Å². The van der Waals surface area contributed by atoms with Crippen LogP contribution in [-0.2, 0) is 20.9 Å². The fourth-order valence-electron chi connectivity index (χ4n) is 3.82. The highest BCUT2D eigenvalue weighted by Gasteiger charge is 2.47. The number of fused-ring (bicyclic) bond motifs is 1. The van der Waals surface area contributed by atoms with E-state index < -0.39 is 0 Å². The monoisotopic (exact) mass is 414 g/mol. The van der Waals surface area contributed by atoms with Gasteiger partial charge in [0.15, 0.2) is 0 Å². The number of hydrogen-bond acceptors (Lipinski definition) is 7. The lowest BCUT2D eigenvalue weighted by atomic mass is 9.85. The molecule has 0 aromatic carbocycles. The van der Waals surface area contributed by atoms with Crippen LogP contribution in [0, 0.1) is 11.8 Å². The predicted octanol–water partition coefficient (Wildman–Crippen LogP) is 2.49. The summed E-state index contributed by atoms with van der Waals surface area (Å²) in [5, 5.41) is 5.89. The molecule has 0 radical (unpaired) electrons. The summed E-state index contributed by atoms with van der Waals surface area (Å²) in [7, 11) is 0. The van der Waals surface area contributed by atoms with Crippen molar-refractivity contribution in [3.63, 3.8) is 0 Å². The Morgan fingerprint density at radius 1 is 1.28 bits per heavy atom. The van der Waals surface area contributed by atoms with Crippen LogP contribution in [0.1, 0.15) is 32.1 Å². The van der Waals surface area contributed by atoms with E-state index in [0.717, 1.165) is 4.88 Å². The van der Waals surface area contributed by atoms with Crippen LogP contribution in [-0.4, -0.2) is 50.8 Å². The quantitative estimate of drug-likeness (QED) is 0.510. The summed E-state index contributed by atoms with van der Waals surface area (Å²) in [6.45, 7) is 2.64. The van der Waals surface area contributed by atoms with Crippen LogP contribution >= 0.6 is 11.3 Å². The van der Waals surface area contributed by atoms with Gasteiger partial charge in [-0.3, -0.25) is 19.3 Å². The Balaban J connectivity index is 1.35. The topological polar surface area (TPSA) is 96.6 Å². The van der Waals surface area contributed by atoms with Crippen molar-refractivity contribution in [1.29, 1.82) is 0 Å². The summed E-state index contributed by atoms with van der Waals surface area (Å²) in [5.74, 6) is -0.137. The van der Waals surface area contributed by atoms with Crippen molar-refractivity contribution >= 4 is 29.1 Å². The molecule has 152 valence electrons. The molecular weight excluding hydrogens is 392 g/mol. The van der Waals surface area contributed by atoms with Gasteiger partial charge >= 0.3 is 0 Å². The SMILES string of the molecule is CCN(Cc1nc(-c2cccs2)no1)C(=O)CCN1C(=O)[C@H]2CC=CC[C@H]2C1=O. The second kappa shape index (κ2) is 8.28. The molecule has 2 aliphatic rings. The summed E-state index contributed by atoms with van der Waals surface area (Å²) in [6, 6.07) is 3.81. The van der Waals surface area contributed by atoms with Gasteiger partial charge in [0, 0.05) is 19.5 Å². The molecule has 1 fully saturated rings. The molecular formula is C20H22N4O4S. The van der Waals surface area contributed by atoms with Crippen LogP contribution in [0.2, 0.25) is 0 Å². The zero-order valence-corrected chi connectivity index (χ0v) is 16.9. The van der Waals surface area contributed by atoms with E-state index in [4.69, 9.17) is 4.52 Å². The van der Waals surface area contributed by atoms with Gasteiger partial charge in [-0.1, -0.05) is 23.4 Å². The third-order valence-electron chi connectivity index (χ3n) is 5.42. The minimum absolute atomic E-state index is 0.0874. The first-order valence-corrected chi connectivity index (χ1v) is 10.6. The molecule has 1 aliphatic carbocycles. The molecule has 3 heterocycles. The lowest BCUT2D eigenvalue weighted by molar-refractivity contribution is -0.141. The van der Waals surface area contributed by atoms with Crippen molar-refractivity contribution in [2.75, 3.05) is 13.1 Å². The van der Waals surface area contributed by atoms with Crippen LogP contribution in [0.4, 0.5) is 0 Å². The molecule has 0 spiro atoms. The third kappa shape index (κ3) is 3.87. The Morgan fingerprint density at radius 2 is 2.00 bits per heavy atom. The van der Waals surface area contributed by atoms with Crippen LogP contribution in [0.15, 0.2) is 34.2 Å². The van der Waals surface area contributed by atoms with E-state index in [1.54, 1.807) is 4.90 Å². The number of rotatable bonds is 7. The van der Waals surface area contributed by atoms with Gasteiger partial charge in [-0.2, -0.15) is 4.98 Å². The molecule has 1 aliphatic heterocycles. The highest BCUT2D eigenvalue weighted by molar-refractivity contribution is 7.13. The molecule has 3 amide bonds. The third-order valence-corrected chi connectivity index (χ3v) is 6.28. The second-order valence-corrected chi connectivity index (χ2v) is 8.08. The molecule has 2 aromatic heterocycles. The van der Waals surface area contributed by atoms with Crippen molar-refractivity contribution in [3.8, 4) is 10.7 Å². The van der Waals surface area contributed by atoms with E-state index in [2.05, 4.69) is 10.1 Å². The fourth-order valence-corrected chi connectivity index (χ4v) is 4.47. The molecule has 2 atom stereocenters. The lowest BCUT2D eigenvalue weighted by Crippen LogP contribution is -2.37. The average Bonchev–Trinajstić information content (AvgIpc) is 3.47. The summed E-state index contributed by atoms with van der Waals surface area (Å²) in [6.07, 6.45) is 5.20. The van der Waals surface area contributed by atoms with Gasteiger partial charge in [0.2, 0.25) is 29.4 Å². The summed E-state index contributed by atoms with van der Waals surface area (Å²) >= 11 is 1.51. The number of imide groups is 1. The van der Waals surface area contributed by atoms with Gasteiger partial charge in [0.05, 0.1) is 23.3 Å². The average molecular weight is 414 g/mol. The molecule has 0 saturated carbocycles. The first-order valence-electron chi connectivity index (χ1n) is 9.73. The number of aromatic nitrogens is 2. The van der Waals surface area contributed by atoms with E-state index in [-0.39, 0.29) is 49.1 Å². The number of nitrogens with zero attached hydrogens (tertiary/aromatic N) is 4. The Labute approximate surface area is 172 Å². The number of amides is 3. The maximum absolute atomic E-state index is 12.7. The standard InChI is InChI=1S/C20H22N4O4S/c1-2-23(12-16-21-18(22-28-16)15-8-5-11-29-15)17(25)9-10-24-19(26)13-6-3-4-7-14(13)20(24)27/h3-5,8,11,13-14H,2,6-7,9-10,12H2,1H3/t13-,14+. The number of allylic oxidation sites excluding steroid dienone is 2. The van der Waals surface area contributed by atoms with Gasteiger partial charge in [0.1, 0.15) is 0 Å². The van der Waals surface area contributed by atoms with E-state index in [1.165, 1.54) is 16.2 Å². The highest BCUT2D eigenvalue weighted by atomic mass is 32.1. The van der Waals surface area contributed by atoms with Gasteiger partial charge in [-0.15, -0.1) is 11.3 Å².